The van der Waals surface area contributed by atoms with Crippen molar-refractivity contribution in [3.05, 3.63) is 24.3 Å². The van der Waals surface area contributed by atoms with Crippen LogP contribution in [0.4, 0.5) is 4.79 Å². The minimum Gasteiger partial charge on any atom is -0.444 e. The van der Waals surface area contributed by atoms with E-state index >= 15 is 0 Å². The number of rotatable bonds is 4. The molecule has 1 N–H and O–H groups in total. The Labute approximate surface area is 131 Å². The van der Waals surface area contributed by atoms with E-state index in [1.165, 1.54) is 23.5 Å². The zero-order valence-corrected chi connectivity index (χ0v) is 14.0. The normalized spacial score (nSPS) is 11.7. The molecule has 1 aromatic heterocycles. The van der Waals surface area contributed by atoms with Gasteiger partial charge in [-0.15, -0.1) is 0 Å². The zero-order chi connectivity index (χ0) is 17.0. The SMILES string of the molecule is CN(CC(C)(C)NC(=O)OC(C)(C)C)C(=O)c1cnccn1. The van der Waals surface area contributed by atoms with E-state index in [1.54, 1.807) is 27.8 Å². The third-order valence-corrected chi connectivity index (χ3v) is 2.60. The molecule has 0 fully saturated rings. The maximum atomic E-state index is 12.2. The highest BCUT2D eigenvalue weighted by Crippen LogP contribution is 2.11. The third-order valence-electron chi connectivity index (χ3n) is 2.60. The van der Waals surface area contributed by atoms with E-state index in [9.17, 15) is 9.59 Å². The van der Waals surface area contributed by atoms with Crippen molar-refractivity contribution in [3.8, 4) is 0 Å². The van der Waals surface area contributed by atoms with E-state index in [-0.39, 0.29) is 11.6 Å². The van der Waals surface area contributed by atoms with Gasteiger partial charge >= 0.3 is 6.09 Å². The highest BCUT2D eigenvalue weighted by atomic mass is 16.6. The fraction of sp³-hybridized carbons (Fsp3) is 0.600. The standard InChI is InChI=1S/C15H24N4O3/c1-14(2,3)22-13(21)18-15(4,5)10-19(6)12(20)11-9-16-7-8-17-11/h7-9H,10H2,1-6H3,(H,18,21). The fourth-order valence-corrected chi connectivity index (χ4v) is 1.89. The molecule has 7 nitrogen and oxygen atoms in total. The number of carbonyl (C=O) groups is 2. The van der Waals surface area contributed by atoms with Gasteiger partial charge in [0.25, 0.3) is 5.91 Å². The summed E-state index contributed by atoms with van der Waals surface area (Å²) in [6.45, 7) is 9.33. The van der Waals surface area contributed by atoms with Gasteiger partial charge in [-0.3, -0.25) is 9.78 Å². The van der Waals surface area contributed by atoms with E-state index in [0.29, 0.717) is 6.54 Å². The molecule has 22 heavy (non-hydrogen) atoms. The summed E-state index contributed by atoms with van der Waals surface area (Å²) in [6.07, 6.45) is 3.86. The van der Waals surface area contributed by atoms with Gasteiger partial charge in [-0.05, 0) is 34.6 Å². The van der Waals surface area contributed by atoms with Crippen molar-refractivity contribution in [1.82, 2.24) is 20.2 Å². The Kier molecular flexibility index (Phi) is 5.46. The van der Waals surface area contributed by atoms with Crippen LogP contribution in [0.25, 0.3) is 0 Å². The summed E-state index contributed by atoms with van der Waals surface area (Å²) in [5, 5.41) is 2.76. The predicted octanol–water partition coefficient (Wildman–Crippen LogP) is 1.85. The monoisotopic (exact) mass is 308 g/mol. The van der Waals surface area contributed by atoms with Crippen molar-refractivity contribution in [2.75, 3.05) is 13.6 Å². The molecule has 2 amide bonds. The van der Waals surface area contributed by atoms with Crippen molar-refractivity contribution in [2.45, 2.75) is 45.8 Å². The molecule has 1 aromatic rings. The number of hydrogen-bond acceptors (Lipinski definition) is 5. The Morgan fingerprint density at radius 1 is 1.23 bits per heavy atom. The van der Waals surface area contributed by atoms with Crippen molar-refractivity contribution in [1.29, 1.82) is 0 Å². The van der Waals surface area contributed by atoms with Crippen LogP contribution in [0, 0.1) is 0 Å². The molecule has 0 spiro atoms. The Morgan fingerprint density at radius 3 is 2.36 bits per heavy atom. The first kappa shape index (κ1) is 17.9. The molecule has 0 bridgehead atoms. The van der Waals surface area contributed by atoms with Gasteiger partial charge in [-0.2, -0.15) is 0 Å². The molecule has 0 unspecified atom stereocenters. The molecule has 0 radical (unpaired) electrons. The van der Waals surface area contributed by atoms with Gasteiger partial charge in [0.1, 0.15) is 11.3 Å². The van der Waals surface area contributed by atoms with E-state index < -0.39 is 17.2 Å². The maximum absolute atomic E-state index is 12.2. The smallest absolute Gasteiger partial charge is 0.408 e. The minimum absolute atomic E-state index is 0.257. The largest absolute Gasteiger partial charge is 0.444 e. The van der Waals surface area contributed by atoms with E-state index in [4.69, 9.17) is 4.74 Å². The second-order valence-corrected chi connectivity index (χ2v) is 6.76. The molecule has 0 aliphatic carbocycles. The van der Waals surface area contributed by atoms with E-state index in [1.807, 2.05) is 13.8 Å². The predicted molar refractivity (Wildman–Crippen MR) is 82.4 cm³/mol. The summed E-state index contributed by atoms with van der Waals surface area (Å²) in [5.74, 6) is -0.257. The molecule has 0 saturated carbocycles. The highest BCUT2D eigenvalue weighted by Gasteiger charge is 2.28. The molecule has 7 heteroatoms. The van der Waals surface area contributed by atoms with Gasteiger partial charge < -0.3 is 15.0 Å². The molecule has 0 aliphatic heterocycles. The Hall–Kier alpha value is -2.18. The first-order valence-electron chi connectivity index (χ1n) is 7.03. The number of nitrogens with zero attached hydrogens (tertiary/aromatic N) is 3. The maximum Gasteiger partial charge on any atom is 0.408 e. The Bertz CT molecular complexity index is 523. The number of ether oxygens (including phenoxy) is 1. The number of nitrogens with one attached hydrogen (secondary N) is 1. The number of aromatic nitrogens is 2. The minimum atomic E-state index is -0.644. The van der Waals surface area contributed by atoms with Gasteiger partial charge in [0, 0.05) is 26.0 Å². The quantitative estimate of drug-likeness (QED) is 0.917. The molecule has 0 aromatic carbocycles. The molecule has 1 rings (SSSR count). The molecule has 1 heterocycles. The van der Waals surface area contributed by atoms with Gasteiger partial charge in [0.05, 0.1) is 11.7 Å². The number of hydrogen-bond donors (Lipinski definition) is 1. The summed E-state index contributed by atoms with van der Waals surface area (Å²) in [6, 6.07) is 0. The topological polar surface area (TPSA) is 84.4 Å². The van der Waals surface area contributed by atoms with Crippen LogP contribution in [0.2, 0.25) is 0 Å². The van der Waals surface area contributed by atoms with Gasteiger partial charge in [-0.1, -0.05) is 0 Å². The first-order chi connectivity index (χ1) is 10.0. The van der Waals surface area contributed by atoms with Crippen LogP contribution >= 0.6 is 0 Å². The van der Waals surface area contributed by atoms with E-state index in [2.05, 4.69) is 15.3 Å². The Balaban J connectivity index is 2.63. The molecular formula is C15H24N4O3. The lowest BCUT2D eigenvalue weighted by molar-refractivity contribution is 0.0441. The Morgan fingerprint density at radius 2 is 1.86 bits per heavy atom. The lowest BCUT2D eigenvalue weighted by Gasteiger charge is -2.32. The molecule has 0 aliphatic rings. The second-order valence-electron chi connectivity index (χ2n) is 6.76. The average Bonchev–Trinajstić information content (AvgIpc) is 2.35. The molecule has 0 saturated heterocycles. The van der Waals surface area contributed by atoms with Crippen LogP contribution in [-0.2, 0) is 4.74 Å². The van der Waals surface area contributed by atoms with Crippen molar-refractivity contribution in [3.63, 3.8) is 0 Å². The van der Waals surface area contributed by atoms with Crippen molar-refractivity contribution < 1.29 is 14.3 Å². The van der Waals surface area contributed by atoms with Gasteiger partial charge in [0.2, 0.25) is 0 Å². The lowest BCUT2D eigenvalue weighted by atomic mass is 10.1. The van der Waals surface area contributed by atoms with Crippen LogP contribution < -0.4 is 5.32 Å². The number of amides is 2. The molecule has 122 valence electrons. The van der Waals surface area contributed by atoms with Gasteiger partial charge in [0.15, 0.2) is 0 Å². The summed E-state index contributed by atoms with van der Waals surface area (Å²) in [7, 11) is 1.65. The van der Waals surface area contributed by atoms with Crippen molar-refractivity contribution >= 4 is 12.0 Å². The highest BCUT2D eigenvalue weighted by molar-refractivity contribution is 5.91. The van der Waals surface area contributed by atoms with Crippen LogP contribution in [0.3, 0.4) is 0 Å². The lowest BCUT2D eigenvalue weighted by Crippen LogP contribution is -2.53. The molecular weight excluding hydrogens is 284 g/mol. The number of likely N-dealkylation sites (N-methyl/N-ethyl adjacent to an activating group) is 1. The summed E-state index contributed by atoms with van der Waals surface area (Å²) >= 11 is 0. The van der Waals surface area contributed by atoms with Crippen LogP contribution in [0.15, 0.2) is 18.6 Å². The van der Waals surface area contributed by atoms with Crippen LogP contribution in [0.5, 0.6) is 0 Å². The fourth-order valence-electron chi connectivity index (χ4n) is 1.89. The van der Waals surface area contributed by atoms with Gasteiger partial charge in [-0.25, -0.2) is 9.78 Å². The first-order valence-corrected chi connectivity index (χ1v) is 7.03. The van der Waals surface area contributed by atoms with Crippen LogP contribution in [-0.4, -0.2) is 51.6 Å². The third kappa shape index (κ3) is 6.07. The second kappa shape index (κ2) is 6.72. The number of carbonyl (C=O) groups excluding carboxylic acids is 2. The average molecular weight is 308 g/mol. The zero-order valence-electron chi connectivity index (χ0n) is 14.0. The van der Waals surface area contributed by atoms with E-state index in [0.717, 1.165) is 0 Å². The number of alkyl carbamates (subject to hydrolysis) is 1. The summed E-state index contributed by atoms with van der Waals surface area (Å²) in [5.41, 5.74) is -0.950. The molecule has 0 atom stereocenters. The van der Waals surface area contributed by atoms with Crippen LogP contribution in [0.1, 0.15) is 45.1 Å². The summed E-state index contributed by atoms with van der Waals surface area (Å²) in [4.78, 5) is 33.4. The summed E-state index contributed by atoms with van der Waals surface area (Å²) < 4.78 is 5.22. The van der Waals surface area contributed by atoms with Crippen molar-refractivity contribution in [2.24, 2.45) is 0 Å².